The van der Waals surface area contributed by atoms with E-state index in [1.807, 2.05) is 20.8 Å². The minimum absolute atomic E-state index is 0.0358. The molecule has 3 heterocycles. The molecule has 0 atom stereocenters. The molecule has 1 aliphatic rings. The van der Waals surface area contributed by atoms with E-state index in [9.17, 15) is 19.5 Å². The van der Waals surface area contributed by atoms with Crippen molar-refractivity contribution in [1.82, 2.24) is 19.3 Å². The van der Waals surface area contributed by atoms with E-state index in [0.717, 1.165) is 23.1 Å². The van der Waals surface area contributed by atoms with Gasteiger partial charge >= 0.3 is 0 Å². The summed E-state index contributed by atoms with van der Waals surface area (Å²) in [5.74, 6) is -0.923. The number of anilines is 1. The molecule has 1 fully saturated rings. The number of carbonyl (C=O) groups excluding carboxylic acids is 1. The summed E-state index contributed by atoms with van der Waals surface area (Å²) < 4.78 is 17.5. The average molecular weight is 518 g/mol. The third kappa shape index (κ3) is 4.51. The minimum Gasteiger partial charge on any atom is -0.392 e. The fourth-order valence-corrected chi connectivity index (χ4v) is 4.44. The van der Waals surface area contributed by atoms with Crippen LogP contribution in [0.25, 0.3) is 27.7 Å². The predicted octanol–water partition coefficient (Wildman–Crippen LogP) is 3.42. The van der Waals surface area contributed by atoms with E-state index >= 15 is 4.39 Å². The van der Waals surface area contributed by atoms with Crippen molar-refractivity contribution in [2.75, 3.05) is 5.32 Å². The summed E-state index contributed by atoms with van der Waals surface area (Å²) in [6.07, 6.45) is 5.99. The number of aliphatic hydroxyl groups is 1. The van der Waals surface area contributed by atoms with Crippen LogP contribution >= 0.6 is 0 Å². The molecule has 1 amide bonds. The number of carbonyl (C=O) groups is 1. The van der Waals surface area contributed by atoms with Gasteiger partial charge in [-0.2, -0.15) is 9.78 Å². The normalized spacial score (nSPS) is 13.6. The Balaban J connectivity index is 1.65. The molecule has 0 saturated heterocycles. The van der Waals surface area contributed by atoms with E-state index < -0.39 is 18.0 Å². The maximum atomic E-state index is 15.2. The second-order valence-corrected chi connectivity index (χ2v) is 10.7. The van der Waals surface area contributed by atoms with Gasteiger partial charge < -0.3 is 15.0 Å². The van der Waals surface area contributed by atoms with E-state index in [1.54, 1.807) is 25.4 Å². The van der Waals surface area contributed by atoms with Gasteiger partial charge in [-0.25, -0.2) is 9.37 Å². The van der Waals surface area contributed by atoms with Gasteiger partial charge in [-0.3, -0.25) is 14.4 Å². The van der Waals surface area contributed by atoms with Crippen LogP contribution in [-0.2, 0) is 23.9 Å². The van der Waals surface area contributed by atoms with Crippen molar-refractivity contribution in [2.24, 2.45) is 13.0 Å². The van der Waals surface area contributed by atoms with E-state index in [-0.39, 0.29) is 45.3 Å². The number of amides is 1. The van der Waals surface area contributed by atoms with Crippen molar-refractivity contribution < 1.29 is 14.3 Å². The number of nitrogens with zero attached hydrogens (tertiary/aromatic N) is 4. The first kappa shape index (κ1) is 25.5. The molecule has 4 aromatic rings. The molecule has 196 valence electrons. The second-order valence-electron chi connectivity index (χ2n) is 10.7. The number of pyridine rings is 2. The van der Waals surface area contributed by atoms with Gasteiger partial charge in [0.1, 0.15) is 11.5 Å². The van der Waals surface area contributed by atoms with E-state index in [2.05, 4.69) is 15.4 Å². The standard InChI is InChI=1S/C28H28FN5O4/c1-28(2,3)18-9-16-12-31-34(27(38)23(16)21(29)11-18)24-20(14-35)19(7-8-30-24)17-10-22(26(37)33(4)13-17)32-25(36)15-5-6-15/h7-13,15,35H,5-6,14H2,1-4H3,(H,32,36). The fourth-order valence-electron chi connectivity index (χ4n) is 4.44. The Bertz CT molecular complexity index is 1710. The molecular weight excluding hydrogens is 489 g/mol. The van der Waals surface area contributed by atoms with Crippen molar-refractivity contribution in [1.29, 1.82) is 0 Å². The van der Waals surface area contributed by atoms with Crippen molar-refractivity contribution in [3.05, 3.63) is 80.5 Å². The second kappa shape index (κ2) is 9.29. The number of fused-ring (bicyclic) bond motifs is 1. The molecule has 0 unspecified atom stereocenters. The summed E-state index contributed by atoms with van der Waals surface area (Å²) in [7, 11) is 1.56. The van der Waals surface area contributed by atoms with Crippen molar-refractivity contribution in [3.8, 4) is 16.9 Å². The largest absolute Gasteiger partial charge is 0.392 e. The van der Waals surface area contributed by atoms with Crippen LogP contribution in [0, 0.1) is 11.7 Å². The maximum absolute atomic E-state index is 15.2. The molecule has 2 N–H and O–H groups in total. The Morgan fingerprint density at radius 1 is 1.18 bits per heavy atom. The molecule has 9 nitrogen and oxygen atoms in total. The number of hydrogen-bond acceptors (Lipinski definition) is 6. The molecule has 0 spiro atoms. The predicted molar refractivity (Wildman–Crippen MR) is 142 cm³/mol. The molecule has 3 aromatic heterocycles. The van der Waals surface area contributed by atoms with E-state index in [4.69, 9.17) is 0 Å². The van der Waals surface area contributed by atoms with Crippen LogP contribution in [0.1, 0.15) is 44.7 Å². The number of aliphatic hydroxyl groups excluding tert-OH is 1. The minimum atomic E-state index is -0.711. The molecule has 1 saturated carbocycles. The van der Waals surface area contributed by atoms with Gasteiger partial charge in [0.05, 0.1) is 18.2 Å². The zero-order valence-corrected chi connectivity index (χ0v) is 21.6. The molecule has 38 heavy (non-hydrogen) atoms. The quantitative estimate of drug-likeness (QED) is 0.419. The third-order valence-corrected chi connectivity index (χ3v) is 6.80. The number of hydrogen-bond donors (Lipinski definition) is 2. The van der Waals surface area contributed by atoms with Crippen molar-refractivity contribution in [2.45, 2.75) is 45.6 Å². The molecule has 10 heteroatoms. The molecule has 1 aromatic carbocycles. The topological polar surface area (TPSA) is 119 Å². The first-order chi connectivity index (χ1) is 18.0. The van der Waals surface area contributed by atoms with Crippen LogP contribution in [-0.4, -0.2) is 30.3 Å². The Labute approximate surface area is 217 Å². The number of rotatable bonds is 5. The summed E-state index contributed by atoms with van der Waals surface area (Å²) in [4.78, 5) is 42.7. The van der Waals surface area contributed by atoms with Crippen molar-refractivity contribution >= 4 is 22.4 Å². The highest BCUT2D eigenvalue weighted by Crippen LogP contribution is 2.32. The highest BCUT2D eigenvalue weighted by Gasteiger charge is 2.30. The number of halogens is 1. The maximum Gasteiger partial charge on any atom is 0.283 e. The summed E-state index contributed by atoms with van der Waals surface area (Å²) in [6.45, 7) is 5.34. The Morgan fingerprint density at radius 3 is 2.58 bits per heavy atom. The lowest BCUT2D eigenvalue weighted by molar-refractivity contribution is -0.117. The van der Waals surface area contributed by atoms with Gasteiger partial charge in [0.15, 0.2) is 5.82 Å². The van der Waals surface area contributed by atoms with Crippen LogP contribution in [0.4, 0.5) is 10.1 Å². The van der Waals surface area contributed by atoms with E-state index in [0.29, 0.717) is 16.5 Å². The highest BCUT2D eigenvalue weighted by atomic mass is 19.1. The summed E-state index contributed by atoms with van der Waals surface area (Å²) >= 11 is 0. The zero-order valence-electron chi connectivity index (χ0n) is 21.6. The molecule has 1 aliphatic carbocycles. The zero-order chi connectivity index (χ0) is 27.4. The van der Waals surface area contributed by atoms with Gasteiger partial charge in [0.2, 0.25) is 5.91 Å². The lowest BCUT2D eigenvalue weighted by Crippen LogP contribution is -2.25. The number of aromatic nitrogens is 4. The number of benzene rings is 1. The van der Waals surface area contributed by atoms with Gasteiger partial charge in [0.25, 0.3) is 11.1 Å². The third-order valence-electron chi connectivity index (χ3n) is 6.80. The van der Waals surface area contributed by atoms with Crippen LogP contribution in [0.5, 0.6) is 0 Å². The number of nitrogens with one attached hydrogen (secondary N) is 1. The highest BCUT2D eigenvalue weighted by molar-refractivity contribution is 5.94. The monoisotopic (exact) mass is 517 g/mol. The lowest BCUT2D eigenvalue weighted by Gasteiger charge is -2.20. The Morgan fingerprint density at radius 2 is 1.92 bits per heavy atom. The molecule has 5 rings (SSSR count). The van der Waals surface area contributed by atoms with Gasteiger partial charge in [-0.1, -0.05) is 20.8 Å². The summed E-state index contributed by atoms with van der Waals surface area (Å²) in [6, 6.07) is 6.26. The van der Waals surface area contributed by atoms with Gasteiger partial charge in [-0.15, -0.1) is 0 Å². The van der Waals surface area contributed by atoms with Gasteiger partial charge in [0, 0.05) is 41.9 Å². The van der Waals surface area contributed by atoms with Crippen LogP contribution in [0.2, 0.25) is 0 Å². The average Bonchev–Trinajstić information content (AvgIpc) is 3.71. The van der Waals surface area contributed by atoms with Crippen molar-refractivity contribution in [3.63, 3.8) is 0 Å². The number of aryl methyl sites for hydroxylation is 1. The molecule has 0 radical (unpaired) electrons. The lowest BCUT2D eigenvalue weighted by atomic mass is 9.86. The molecule has 0 aliphatic heterocycles. The summed E-state index contributed by atoms with van der Waals surface area (Å²) in [5.41, 5.74) is 0.687. The first-order valence-electron chi connectivity index (χ1n) is 12.3. The van der Waals surface area contributed by atoms with Crippen LogP contribution < -0.4 is 16.4 Å². The molecular formula is C28H28FN5O4. The SMILES string of the molecule is Cn1cc(-c2ccnc(-n3ncc4cc(C(C)(C)C)cc(F)c4c3=O)c2CO)cc(NC(=O)C2CC2)c1=O. The smallest absolute Gasteiger partial charge is 0.283 e. The van der Waals surface area contributed by atoms with Gasteiger partial charge in [-0.05, 0) is 53.6 Å². The van der Waals surface area contributed by atoms with E-state index in [1.165, 1.54) is 29.1 Å². The summed E-state index contributed by atoms with van der Waals surface area (Å²) in [5, 5.41) is 17.5. The Kier molecular flexibility index (Phi) is 6.22. The molecule has 0 bridgehead atoms. The fraction of sp³-hybridized carbons (Fsp3) is 0.321. The van der Waals surface area contributed by atoms with Crippen LogP contribution in [0.3, 0.4) is 0 Å². The van der Waals surface area contributed by atoms with Crippen LogP contribution in [0.15, 0.2) is 52.4 Å². The Hall–Kier alpha value is -4.18. The first-order valence-corrected chi connectivity index (χ1v) is 12.3.